The van der Waals surface area contributed by atoms with E-state index in [4.69, 9.17) is 11.6 Å². The van der Waals surface area contributed by atoms with Crippen LogP contribution in [-0.2, 0) is 13.1 Å². The van der Waals surface area contributed by atoms with Crippen LogP contribution in [-0.4, -0.2) is 13.1 Å². The molecule has 21 heavy (non-hydrogen) atoms. The molecule has 0 aliphatic carbocycles. The van der Waals surface area contributed by atoms with Crippen molar-refractivity contribution in [2.24, 2.45) is 0 Å². The number of hydrogen-bond acceptors (Lipinski definition) is 3. The molecule has 1 aromatic heterocycles. The van der Waals surface area contributed by atoms with E-state index in [0.29, 0.717) is 6.04 Å². The summed E-state index contributed by atoms with van der Waals surface area (Å²) in [7, 11) is 2.09. The van der Waals surface area contributed by atoms with Gasteiger partial charge in [-0.25, -0.2) is 0 Å². The van der Waals surface area contributed by atoms with Crippen LogP contribution < -0.4 is 10.2 Å². The van der Waals surface area contributed by atoms with Gasteiger partial charge in [0, 0.05) is 45.1 Å². The first-order valence-corrected chi connectivity index (χ1v) is 8.96. The van der Waals surface area contributed by atoms with E-state index in [1.807, 2.05) is 6.07 Å². The fraction of sp³-hybridized carbons (Fsp3) is 0.375. The highest BCUT2D eigenvalue weighted by atomic mass is 79.9. The van der Waals surface area contributed by atoms with Gasteiger partial charge in [-0.15, -0.1) is 11.3 Å². The summed E-state index contributed by atoms with van der Waals surface area (Å²) in [4.78, 5) is 3.54. The van der Waals surface area contributed by atoms with Gasteiger partial charge in [0.2, 0.25) is 0 Å². The van der Waals surface area contributed by atoms with E-state index in [9.17, 15) is 0 Å². The Morgan fingerprint density at radius 2 is 2.10 bits per heavy atom. The van der Waals surface area contributed by atoms with Crippen LogP contribution in [0.1, 0.15) is 24.3 Å². The van der Waals surface area contributed by atoms with Crippen molar-refractivity contribution in [2.75, 3.05) is 11.9 Å². The second-order valence-electron chi connectivity index (χ2n) is 5.40. The van der Waals surface area contributed by atoms with E-state index < -0.39 is 0 Å². The molecule has 0 saturated carbocycles. The SMILES string of the molecule is CC(C)NCc1ccc(N(C)Cc2cc(Br)cs2)cc1Cl. The summed E-state index contributed by atoms with van der Waals surface area (Å²) >= 11 is 11.6. The zero-order valence-electron chi connectivity index (χ0n) is 12.5. The maximum absolute atomic E-state index is 6.39. The number of halogens is 2. The van der Waals surface area contributed by atoms with E-state index in [1.54, 1.807) is 11.3 Å². The van der Waals surface area contributed by atoms with Crippen LogP contribution in [0.25, 0.3) is 0 Å². The Labute approximate surface area is 144 Å². The van der Waals surface area contributed by atoms with Crippen molar-refractivity contribution in [2.45, 2.75) is 33.0 Å². The van der Waals surface area contributed by atoms with Crippen molar-refractivity contribution in [3.05, 3.63) is 49.6 Å². The first-order valence-electron chi connectivity index (χ1n) is 6.91. The molecule has 0 spiro atoms. The summed E-state index contributed by atoms with van der Waals surface area (Å²) in [6, 6.07) is 8.89. The number of hydrogen-bond donors (Lipinski definition) is 1. The second kappa shape index (κ2) is 7.63. The van der Waals surface area contributed by atoms with Crippen LogP contribution in [0.4, 0.5) is 5.69 Å². The summed E-state index contributed by atoms with van der Waals surface area (Å²) in [5.41, 5.74) is 2.28. The quantitative estimate of drug-likeness (QED) is 0.723. The predicted molar refractivity (Wildman–Crippen MR) is 97.6 cm³/mol. The van der Waals surface area contributed by atoms with Crippen molar-refractivity contribution in [1.82, 2.24) is 5.32 Å². The Hall–Kier alpha value is -0.550. The molecule has 1 N–H and O–H groups in total. The van der Waals surface area contributed by atoms with E-state index in [0.717, 1.165) is 33.8 Å². The smallest absolute Gasteiger partial charge is 0.0519 e. The van der Waals surface area contributed by atoms with Crippen LogP contribution in [0, 0.1) is 0 Å². The molecule has 0 aliphatic rings. The summed E-state index contributed by atoms with van der Waals surface area (Å²) in [5, 5.41) is 6.32. The molecule has 0 aliphatic heterocycles. The summed E-state index contributed by atoms with van der Waals surface area (Å²) < 4.78 is 1.14. The highest BCUT2D eigenvalue weighted by molar-refractivity contribution is 9.10. The Balaban J connectivity index is 2.04. The van der Waals surface area contributed by atoms with Crippen LogP contribution in [0.3, 0.4) is 0 Å². The lowest BCUT2D eigenvalue weighted by atomic mass is 10.2. The van der Waals surface area contributed by atoms with Gasteiger partial charge in [-0.05, 0) is 39.7 Å². The highest BCUT2D eigenvalue weighted by Crippen LogP contribution is 2.26. The van der Waals surface area contributed by atoms with Crippen LogP contribution in [0.15, 0.2) is 34.1 Å². The number of nitrogens with zero attached hydrogens (tertiary/aromatic N) is 1. The van der Waals surface area contributed by atoms with Crippen LogP contribution >= 0.6 is 38.9 Å². The molecule has 1 aromatic carbocycles. The van der Waals surface area contributed by atoms with Gasteiger partial charge in [-0.3, -0.25) is 0 Å². The lowest BCUT2D eigenvalue weighted by Crippen LogP contribution is -2.22. The van der Waals surface area contributed by atoms with Gasteiger partial charge < -0.3 is 10.2 Å². The van der Waals surface area contributed by atoms with E-state index in [1.165, 1.54) is 4.88 Å². The maximum Gasteiger partial charge on any atom is 0.0519 e. The van der Waals surface area contributed by atoms with Gasteiger partial charge in [-0.1, -0.05) is 31.5 Å². The van der Waals surface area contributed by atoms with Crippen molar-refractivity contribution < 1.29 is 0 Å². The number of nitrogens with one attached hydrogen (secondary N) is 1. The zero-order valence-corrected chi connectivity index (χ0v) is 15.6. The molecular formula is C16H20BrClN2S. The average molecular weight is 388 g/mol. The molecule has 2 aromatic rings. The lowest BCUT2D eigenvalue weighted by molar-refractivity contribution is 0.589. The summed E-state index contributed by atoms with van der Waals surface area (Å²) in [6.45, 7) is 5.96. The molecule has 0 radical (unpaired) electrons. The van der Waals surface area contributed by atoms with E-state index in [-0.39, 0.29) is 0 Å². The molecule has 2 nitrogen and oxygen atoms in total. The van der Waals surface area contributed by atoms with Crippen molar-refractivity contribution in [3.8, 4) is 0 Å². The Bertz CT molecular complexity index is 598. The molecule has 114 valence electrons. The minimum absolute atomic E-state index is 0.459. The van der Waals surface area contributed by atoms with Gasteiger partial charge in [0.05, 0.1) is 6.54 Å². The molecule has 2 rings (SSSR count). The summed E-state index contributed by atoms with van der Waals surface area (Å²) in [5.74, 6) is 0. The van der Waals surface area contributed by atoms with Crippen molar-refractivity contribution in [3.63, 3.8) is 0 Å². The molecule has 0 amide bonds. The average Bonchev–Trinajstić information content (AvgIpc) is 2.82. The molecule has 1 heterocycles. The van der Waals surface area contributed by atoms with Crippen molar-refractivity contribution in [1.29, 1.82) is 0 Å². The van der Waals surface area contributed by atoms with Gasteiger partial charge in [-0.2, -0.15) is 0 Å². The molecule has 0 fully saturated rings. The van der Waals surface area contributed by atoms with E-state index in [2.05, 4.69) is 70.6 Å². The molecular weight excluding hydrogens is 368 g/mol. The van der Waals surface area contributed by atoms with Gasteiger partial charge >= 0.3 is 0 Å². The third kappa shape index (κ3) is 4.99. The maximum atomic E-state index is 6.39. The molecule has 0 unspecified atom stereocenters. The topological polar surface area (TPSA) is 15.3 Å². The number of anilines is 1. The number of benzene rings is 1. The fourth-order valence-corrected chi connectivity index (χ4v) is 3.74. The van der Waals surface area contributed by atoms with Crippen molar-refractivity contribution >= 4 is 44.6 Å². The Morgan fingerprint density at radius 1 is 1.33 bits per heavy atom. The van der Waals surface area contributed by atoms with Gasteiger partial charge in [0.15, 0.2) is 0 Å². The largest absolute Gasteiger partial charge is 0.369 e. The van der Waals surface area contributed by atoms with Crippen LogP contribution in [0.5, 0.6) is 0 Å². The zero-order chi connectivity index (χ0) is 15.4. The normalized spacial score (nSPS) is 11.1. The third-order valence-electron chi connectivity index (χ3n) is 3.19. The Kier molecular flexibility index (Phi) is 6.11. The minimum Gasteiger partial charge on any atom is -0.369 e. The van der Waals surface area contributed by atoms with Gasteiger partial charge in [0.1, 0.15) is 0 Å². The highest BCUT2D eigenvalue weighted by Gasteiger charge is 2.08. The Morgan fingerprint density at radius 3 is 2.67 bits per heavy atom. The molecule has 0 saturated heterocycles. The van der Waals surface area contributed by atoms with Crippen LogP contribution in [0.2, 0.25) is 5.02 Å². The third-order valence-corrected chi connectivity index (χ3v) is 5.23. The standard InChI is InChI=1S/C16H20BrClN2S/c1-11(2)19-8-12-4-5-14(7-16(12)18)20(3)9-15-6-13(17)10-21-15/h4-7,10-11,19H,8-9H2,1-3H3. The second-order valence-corrected chi connectivity index (χ2v) is 7.72. The molecule has 5 heteroatoms. The minimum atomic E-state index is 0.459. The molecule has 0 atom stereocenters. The first-order chi connectivity index (χ1) is 9.95. The number of thiophene rings is 1. The number of rotatable bonds is 6. The lowest BCUT2D eigenvalue weighted by Gasteiger charge is -2.20. The fourth-order valence-electron chi connectivity index (χ4n) is 1.99. The van der Waals surface area contributed by atoms with E-state index >= 15 is 0 Å². The predicted octanol–water partition coefficient (Wildman–Crippen LogP) is 5.30. The monoisotopic (exact) mass is 386 g/mol. The first kappa shape index (κ1) is 16.8. The van der Waals surface area contributed by atoms with Gasteiger partial charge in [0.25, 0.3) is 0 Å². The molecule has 0 bridgehead atoms. The summed E-state index contributed by atoms with van der Waals surface area (Å²) in [6.07, 6.45) is 0.